The Hall–Kier alpha value is -1.27. The van der Waals surface area contributed by atoms with Gasteiger partial charge in [-0.25, -0.2) is 8.42 Å². The maximum absolute atomic E-state index is 11.3. The Morgan fingerprint density at radius 2 is 1.87 bits per heavy atom. The first-order valence-electron chi connectivity index (χ1n) is 4.82. The number of hydrogen-bond donors (Lipinski definition) is 0. The SMILES string of the molecule is C#CCS(=O)(=O)CCCc1ccccc1. The Labute approximate surface area is 91.2 Å². The lowest BCUT2D eigenvalue weighted by molar-refractivity contribution is 0.596. The minimum atomic E-state index is -3.04. The zero-order chi connectivity index (χ0) is 11.1. The van der Waals surface area contributed by atoms with E-state index < -0.39 is 9.84 Å². The molecular weight excluding hydrogens is 208 g/mol. The van der Waals surface area contributed by atoms with Crippen molar-refractivity contribution in [2.75, 3.05) is 11.5 Å². The van der Waals surface area contributed by atoms with Gasteiger partial charge in [0.15, 0.2) is 9.84 Å². The highest BCUT2D eigenvalue weighted by molar-refractivity contribution is 7.91. The first-order valence-corrected chi connectivity index (χ1v) is 6.64. The predicted octanol–water partition coefficient (Wildman–Crippen LogP) is 1.67. The van der Waals surface area contributed by atoms with E-state index in [1.54, 1.807) is 0 Å². The Kier molecular flexibility index (Phi) is 4.38. The van der Waals surface area contributed by atoms with Gasteiger partial charge in [-0.05, 0) is 18.4 Å². The largest absolute Gasteiger partial charge is 0.228 e. The molecule has 15 heavy (non-hydrogen) atoms. The maximum atomic E-state index is 11.3. The standard InChI is InChI=1S/C12H14O2S/c1-2-10-15(13,14)11-6-9-12-7-4-3-5-8-12/h1,3-5,7-8H,6,9-11H2. The highest BCUT2D eigenvalue weighted by atomic mass is 32.2. The molecule has 80 valence electrons. The van der Waals surface area contributed by atoms with Gasteiger partial charge in [-0.2, -0.15) is 0 Å². The van der Waals surface area contributed by atoms with Crippen LogP contribution in [-0.2, 0) is 16.3 Å². The topological polar surface area (TPSA) is 34.1 Å². The van der Waals surface area contributed by atoms with E-state index in [4.69, 9.17) is 6.42 Å². The molecule has 0 saturated carbocycles. The molecule has 1 rings (SSSR count). The number of aryl methyl sites for hydroxylation is 1. The third kappa shape index (κ3) is 4.66. The van der Waals surface area contributed by atoms with Gasteiger partial charge in [-0.15, -0.1) is 6.42 Å². The zero-order valence-electron chi connectivity index (χ0n) is 8.52. The summed E-state index contributed by atoms with van der Waals surface area (Å²) in [6.45, 7) is 0. The van der Waals surface area contributed by atoms with Crippen molar-refractivity contribution >= 4 is 9.84 Å². The van der Waals surface area contributed by atoms with Crippen molar-refractivity contribution in [2.45, 2.75) is 12.8 Å². The summed E-state index contributed by atoms with van der Waals surface area (Å²) in [4.78, 5) is 0. The molecular formula is C12H14O2S. The molecule has 0 heterocycles. The molecule has 0 spiro atoms. The highest BCUT2D eigenvalue weighted by Gasteiger charge is 2.07. The van der Waals surface area contributed by atoms with E-state index in [1.807, 2.05) is 30.3 Å². The van der Waals surface area contributed by atoms with Crippen molar-refractivity contribution < 1.29 is 8.42 Å². The second kappa shape index (κ2) is 5.57. The third-order valence-corrected chi connectivity index (χ3v) is 3.58. The molecule has 0 aliphatic carbocycles. The minimum absolute atomic E-state index is 0.151. The average molecular weight is 222 g/mol. The average Bonchev–Trinajstić information content (AvgIpc) is 2.19. The highest BCUT2D eigenvalue weighted by Crippen LogP contribution is 2.04. The van der Waals surface area contributed by atoms with Crippen LogP contribution in [0.5, 0.6) is 0 Å². The molecule has 0 aliphatic heterocycles. The van der Waals surface area contributed by atoms with Crippen LogP contribution in [0.25, 0.3) is 0 Å². The summed E-state index contributed by atoms with van der Waals surface area (Å²) in [5.74, 6) is 2.19. The number of benzene rings is 1. The van der Waals surface area contributed by atoms with Gasteiger partial charge in [0.2, 0.25) is 0 Å². The summed E-state index contributed by atoms with van der Waals surface area (Å²) < 4.78 is 22.6. The van der Waals surface area contributed by atoms with Crippen LogP contribution in [0, 0.1) is 12.3 Å². The normalized spacial score (nSPS) is 10.9. The molecule has 0 bridgehead atoms. The Bertz CT molecular complexity index is 426. The van der Waals surface area contributed by atoms with Crippen LogP contribution in [0.4, 0.5) is 0 Å². The van der Waals surface area contributed by atoms with Crippen LogP contribution in [0.15, 0.2) is 30.3 Å². The molecule has 0 N–H and O–H groups in total. The van der Waals surface area contributed by atoms with Crippen LogP contribution in [0.3, 0.4) is 0 Å². The fourth-order valence-corrected chi connectivity index (χ4v) is 2.32. The molecule has 1 aromatic rings. The summed E-state index contributed by atoms with van der Waals surface area (Å²) >= 11 is 0. The molecule has 3 heteroatoms. The third-order valence-electron chi connectivity index (χ3n) is 2.07. The van der Waals surface area contributed by atoms with Gasteiger partial charge in [0.25, 0.3) is 0 Å². The minimum Gasteiger partial charge on any atom is -0.228 e. The number of sulfone groups is 1. The van der Waals surface area contributed by atoms with Crippen molar-refractivity contribution in [3.05, 3.63) is 35.9 Å². The van der Waals surface area contributed by atoms with E-state index in [9.17, 15) is 8.42 Å². The molecule has 2 nitrogen and oxygen atoms in total. The van der Waals surface area contributed by atoms with E-state index >= 15 is 0 Å². The van der Waals surface area contributed by atoms with Crippen LogP contribution in [-0.4, -0.2) is 19.9 Å². The Morgan fingerprint density at radius 3 is 2.47 bits per heavy atom. The fraction of sp³-hybridized carbons (Fsp3) is 0.333. The molecule has 0 fully saturated rings. The van der Waals surface area contributed by atoms with Crippen LogP contribution in [0.2, 0.25) is 0 Å². The Balaban J connectivity index is 2.38. The van der Waals surface area contributed by atoms with E-state index in [0.717, 1.165) is 12.0 Å². The van der Waals surface area contributed by atoms with Crippen molar-refractivity contribution in [2.24, 2.45) is 0 Å². The van der Waals surface area contributed by atoms with Crippen LogP contribution >= 0.6 is 0 Å². The van der Waals surface area contributed by atoms with Crippen molar-refractivity contribution in [3.8, 4) is 12.3 Å². The van der Waals surface area contributed by atoms with Gasteiger partial charge in [0, 0.05) is 0 Å². The molecule has 0 unspecified atom stereocenters. The second-order valence-corrected chi connectivity index (χ2v) is 5.57. The predicted molar refractivity (Wildman–Crippen MR) is 62.2 cm³/mol. The van der Waals surface area contributed by atoms with Crippen molar-refractivity contribution in [1.82, 2.24) is 0 Å². The first kappa shape index (κ1) is 11.8. The van der Waals surface area contributed by atoms with Crippen LogP contribution in [0.1, 0.15) is 12.0 Å². The van der Waals surface area contributed by atoms with E-state index in [0.29, 0.717) is 6.42 Å². The lowest BCUT2D eigenvalue weighted by Crippen LogP contribution is -2.10. The lowest BCUT2D eigenvalue weighted by Gasteiger charge is -2.01. The molecule has 0 amide bonds. The lowest BCUT2D eigenvalue weighted by atomic mass is 10.1. The van der Waals surface area contributed by atoms with Gasteiger partial charge >= 0.3 is 0 Å². The first-order chi connectivity index (χ1) is 7.14. The molecule has 0 atom stereocenters. The van der Waals surface area contributed by atoms with Crippen molar-refractivity contribution in [1.29, 1.82) is 0 Å². The molecule has 0 saturated heterocycles. The molecule has 0 aromatic heterocycles. The number of terminal acetylenes is 1. The molecule has 0 radical (unpaired) electrons. The van der Waals surface area contributed by atoms with E-state index in [1.165, 1.54) is 0 Å². The summed E-state index contributed by atoms with van der Waals surface area (Å²) in [6.07, 6.45) is 6.38. The Morgan fingerprint density at radius 1 is 1.20 bits per heavy atom. The monoisotopic (exact) mass is 222 g/mol. The summed E-state index contributed by atoms with van der Waals surface area (Å²) in [5, 5.41) is 0. The van der Waals surface area contributed by atoms with Gasteiger partial charge in [-0.3, -0.25) is 0 Å². The summed E-state index contributed by atoms with van der Waals surface area (Å²) in [7, 11) is -3.04. The zero-order valence-corrected chi connectivity index (χ0v) is 9.33. The second-order valence-electron chi connectivity index (χ2n) is 3.39. The van der Waals surface area contributed by atoms with Gasteiger partial charge in [0.1, 0.15) is 5.75 Å². The summed E-state index contributed by atoms with van der Waals surface area (Å²) in [5.41, 5.74) is 1.16. The fourth-order valence-electron chi connectivity index (χ4n) is 1.34. The number of rotatable bonds is 5. The quantitative estimate of drug-likeness (QED) is 0.710. The van der Waals surface area contributed by atoms with E-state index in [-0.39, 0.29) is 11.5 Å². The van der Waals surface area contributed by atoms with Crippen LogP contribution < -0.4 is 0 Å². The van der Waals surface area contributed by atoms with Gasteiger partial charge in [0.05, 0.1) is 5.75 Å². The smallest absolute Gasteiger partial charge is 0.161 e. The maximum Gasteiger partial charge on any atom is 0.161 e. The summed E-state index contributed by atoms with van der Waals surface area (Å²) in [6, 6.07) is 9.83. The molecule has 0 aliphatic rings. The van der Waals surface area contributed by atoms with E-state index in [2.05, 4.69) is 5.92 Å². The van der Waals surface area contributed by atoms with Crippen molar-refractivity contribution in [3.63, 3.8) is 0 Å². The number of hydrogen-bond acceptors (Lipinski definition) is 2. The van der Waals surface area contributed by atoms with Gasteiger partial charge in [-0.1, -0.05) is 36.3 Å². The molecule has 1 aromatic carbocycles. The van der Waals surface area contributed by atoms with Gasteiger partial charge < -0.3 is 0 Å².